The highest BCUT2D eigenvalue weighted by atomic mass is 16.3. The number of furan rings is 3. The molecule has 0 aliphatic heterocycles. The minimum atomic E-state index is 0.845. The molecule has 10 aromatic rings. The van der Waals surface area contributed by atoms with Crippen LogP contribution >= 0.6 is 0 Å². The topological polar surface area (TPSA) is 39.4 Å². The van der Waals surface area contributed by atoms with Crippen molar-refractivity contribution < 1.29 is 13.3 Å². The van der Waals surface area contributed by atoms with Gasteiger partial charge in [0, 0.05) is 32.7 Å². The quantitative estimate of drug-likeness (QED) is 0.201. The lowest BCUT2D eigenvalue weighted by atomic mass is 9.85. The average molecular weight is 551 g/mol. The molecule has 0 aliphatic rings. The second-order valence-corrected chi connectivity index (χ2v) is 11.2. The lowest BCUT2D eigenvalue weighted by molar-refractivity contribution is 0.618. The van der Waals surface area contributed by atoms with Crippen molar-refractivity contribution in [3.8, 4) is 22.3 Å². The summed E-state index contributed by atoms with van der Waals surface area (Å²) in [6.07, 6.45) is 1.77. The van der Waals surface area contributed by atoms with Crippen molar-refractivity contribution in [3.05, 3.63) is 134 Å². The fourth-order valence-corrected chi connectivity index (χ4v) is 7.11. The minimum absolute atomic E-state index is 0.845. The molecule has 3 aromatic heterocycles. The van der Waals surface area contributed by atoms with Crippen molar-refractivity contribution in [1.82, 2.24) is 0 Å². The van der Waals surface area contributed by atoms with Crippen molar-refractivity contribution in [2.24, 2.45) is 0 Å². The van der Waals surface area contributed by atoms with Gasteiger partial charge >= 0.3 is 0 Å². The van der Waals surface area contributed by atoms with E-state index in [1.807, 2.05) is 30.3 Å². The maximum Gasteiger partial charge on any atom is 0.147 e. The molecule has 3 nitrogen and oxygen atoms in total. The van der Waals surface area contributed by atoms with Crippen LogP contribution in [0.3, 0.4) is 0 Å². The molecule has 3 heterocycles. The van der Waals surface area contributed by atoms with Crippen LogP contribution in [0.15, 0.2) is 147 Å². The molecule has 0 atom stereocenters. The number of para-hydroxylation sites is 2. The first kappa shape index (κ1) is 22.8. The van der Waals surface area contributed by atoms with Crippen LogP contribution in [0.4, 0.5) is 0 Å². The molecule has 0 radical (unpaired) electrons. The molecule has 3 heteroatoms. The van der Waals surface area contributed by atoms with E-state index in [1.54, 1.807) is 6.26 Å². The zero-order valence-electron chi connectivity index (χ0n) is 22.9. The van der Waals surface area contributed by atoms with Crippen LogP contribution < -0.4 is 0 Å². The summed E-state index contributed by atoms with van der Waals surface area (Å²) in [5.41, 5.74) is 8.97. The molecular formula is C40H22O3. The normalized spacial score (nSPS) is 12.2. The van der Waals surface area contributed by atoms with Gasteiger partial charge in [-0.05, 0) is 69.1 Å². The Morgan fingerprint density at radius 2 is 0.977 bits per heavy atom. The Balaban J connectivity index is 1.37. The van der Waals surface area contributed by atoms with Crippen molar-refractivity contribution >= 4 is 76.4 Å². The molecule has 0 bridgehead atoms. The molecule has 0 fully saturated rings. The third-order valence-electron chi connectivity index (χ3n) is 8.93. The van der Waals surface area contributed by atoms with Crippen LogP contribution in [-0.2, 0) is 0 Å². The predicted molar refractivity (Wildman–Crippen MR) is 177 cm³/mol. The standard InChI is InChI=1S/C40H22O3/c1-3-12-28-26(10-1)36(23-17-18-35-31(21-23)25-9-5-7-15-33(25)42-35)27-11-2-4-13-29(27)37(28)32-22-24-19-20-41-39(24)38-30-14-6-8-16-34(30)43-40(32)38/h1-22H. The molecule has 43 heavy (non-hydrogen) atoms. The number of hydrogen-bond donors (Lipinski definition) is 0. The highest BCUT2D eigenvalue weighted by Gasteiger charge is 2.23. The highest BCUT2D eigenvalue weighted by molar-refractivity contribution is 6.27. The van der Waals surface area contributed by atoms with E-state index in [0.717, 1.165) is 71.5 Å². The van der Waals surface area contributed by atoms with Crippen molar-refractivity contribution in [2.45, 2.75) is 0 Å². The molecule has 10 rings (SSSR count). The zero-order chi connectivity index (χ0) is 28.1. The van der Waals surface area contributed by atoms with Gasteiger partial charge in [0.1, 0.15) is 27.9 Å². The largest absolute Gasteiger partial charge is 0.464 e. The van der Waals surface area contributed by atoms with E-state index in [-0.39, 0.29) is 0 Å². The zero-order valence-corrected chi connectivity index (χ0v) is 22.9. The lowest BCUT2D eigenvalue weighted by Crippen LogP contribution is -1.91. The summed E-state index contributed by atoms with van der Waals surface area (Å²) >= 11 is 0. The summed E-state index contributed by atoms with van der Waals surface area (Å²) in [5, 5.41) is 10.1. The molecule has 200 valence electrons. The number of hydrogen-bond acceptors (Lipinski definition) is 3. The predicted octanol–water partition coefficient (Wildman–Crippen LogP) is 11.9. The van der Waals surface area contributed by atoms with Gasteiger partial charge in [0.05, 0.1) is 11.6 Å². The van der Waals surface area contributed by atoms with Gasteiger partial charge in [-0.25, -0.2) is 0 Å². The van der Waals surface area contributed by atoms with Gasteiger partial charge in [0.2, 0.25) is 0 Å². The molecule has 0 aliphatic carbocycles. The van der Waals surface area contributed by atoms with E-state index in [9.17, 15) is 0 Å². The first-order valence-corrected chi connectivity index (χ1v) is 14.5. The van der Waals surface area contributed by atoms with E-state index < -0.39 is 0 Å². The van der Waals surface area contributed by atoms with E-state index in [1.165, 1.54) is 27.1 Å². The molecule has 0 N–H and O–H groups in total. The average Bonchev–Trinajstić information content (AvgIpc) is 3.78. The van der Waals surface area contributed by atoms with Gasteiger partial charge in [-0.2, -0.15) is 0 Å². The van der Waals surface area contributed by atoms with Crippen LogP contribution in [0.2, 0.25) is 0 Å². The summed E-state index contributed by atoms with van der Waals surface area (Å²) in [6.45, 7) is 0. The first-order chi connectivity index (χ1) is 21.3. The minimum Gasteiger partial charge on any atom is -0.464 e. The van der Waals surface area contributed by atoms with Crippen LogP contribution in [0.1, 0.15) is 0 Å². The third-order valence-corrected chi connectivity index (χ3v) is 8.93. The fraction of sp³-hybridized carbons (Fsp3) is 0. The lowest BCUT2D eigenvalue weighted by Gasteiger charge is -2.18. The molecule has 0 spiro atoms. The summed E-state index contributed by atoms with van der Waals surface area (Å²) in [4.78, 5) is 0. The third kappa shape index (κ3) is 3.08. The SMILES string of the molecule is c1ccc2c(c1)oc1ccc(-c3c4ccccc4c(-c4cc5ccoc5c5c4oc4ccccc45)c4ccccc34)cc12. The van der Waals surface area contributed by atoms with Crippen LogP contribution in [0, 0.1) is 0 Å². The molecule has 0 saturated carbocycles. The smallest absolute Gasteiger partial charge is 0.147 e. The van der Waals surface area contributed by atoms with Crippen LogP contribution in [-0.4, -0.2) is 0 Å². The van der Waals surface area contributed by atoms with Crippen LogP contribution in [0.5, 0.6) is 0 Å². The van der Waals surface area contributed by atoms with Crippen molar-refractivity contribution in [1.29, 1.82) is 0 Å². The fourth-order valence-electron chi connectivity index (χ4n) is 7.11. The van der Waals surface area contributed by atoms with Gasteiger partial charge in [0.15, 0.2) is 0 Å². The van der Waals surface area contributed by atoms with Gasteiger partial charge < -0.3 is 13.3 Å². The van der Waals surface area contributed by atoms with Crippen molar-refractivity contribution in [2.75, 3.05) is 0 Å². The van der Waals surface area contributed by atoms with E-state index in [4.69, 9.17) is 13.3 Å². The van der Waals surface area contributed by atoms with Crippen LogP contribution in [0.25, 0.3) is 98.6 Å². The van der Waals surface area contributed by atoms with Gasteiger partial charge in [-0.3, -0.25) is 0 Å². The second-order valence-electron chi connectivity index (χ2n) is 11.2. The van der Waals surface area contributed by atoms with E-state index in [2.05, 4.69) is 97.1 Å². The van der Waals surface area contributed by atoms with Gasteiger partial charge in [-0.15, -0.1) is 0 Å². The maximum absolute atomic E-state index is 6.64. The number of benzene rings is 7. The Bertz CT molecular complexity index is 2680. The first-order valence-electron chi connectivity index (χ1n) is 14.5. The van der Waals surface area contributed by atoms with Gasteiger partial charge in [0.25, 0.3) is 0 Å². The Morgan fingerprint density at radius 1 is 0.395 bits per heavy atom. The molecule has 0 amide bonds. The summed E-state index contributed by atoms with van der Waals surface area (Å²) < 4.78 is 18.8. The summed E-state index contributed by atoms with van der Waals surface area (Å²) in [6, 6.07) is 44.8. The van der Waals surface area contributed by atoms with E-state index >= 15 is 0 Å². The van der Waals surface area contributed by atoms with Gasteiger partial charge in [-0.1, -0.05) is 91.0 Å². The summed E-state index contributed by atoms with van der Waals surface area (Å²) in [5.74, 6) is 0. The number of fused-ring (bicyclic) bond motifs is 10. The molecular weight excluding hydrogens is 528 g/mol. The molecule has 0 saturated heterocycles. The maximum atomic E-state index is 6.64. The Kier molecular flexibility index (Phi) is 4.45. The Morgan fingerprint density at radius 3 is 1.70 bits per heavy atom. The van der Waals surface area contributed by atoms with E-state index in [0.29, 0.717) is 0 Å². The Hall–Kier alpha value is -5.80. The Labute approximate surface area is 245 Å². The van der Waals surface area contributed by atoms with Crippen molar-refractivity contribution in [3.63, 3.8) is 0 Å². The molecule has 7 aromatic carbocycles. The summed E-state index contributed by atoms with van der Waals surface area (Å²) in [7, 11) is 0. The monoisotopic (exact) mass is 550 g/mol. The second kappa shape index (κ2) is 8.37. The highest BCUT2D eigenvalue weighted by Crippen LogP contribution is 2.48. The number of rotatable bonds is 2. The molecule has 0 unspecified atom stereocenters.